The van der Waals surface area contributed by atoms with Crippen LogP contribution in [-0.4, -0.2) is 14.5 Å². The fourth-order valence-electron chi connectivity index (χ4n) is 8.91. The highest BCUT2D eigenvalue weighted by Crippen LogP contribution is 2.47. The molecule has 0 bridgehead atoms. The van der Waals surface area contributed by atoms with Crippen molar-refractivity contribution < 1.29 is 0 Å². The van der Waals surface area contributed by atoms with Crippen LogP contribution in [0.2, 0.25) is 0 Å². The Kier molecular flexibility index (Phi) is 7.96. The van der Waals surface area contributed by atoms with Crippen LogP contribution in [0.4, 0.5) is 0 Å². The Balaban J connectivity index is 1.18. The van der Waals surface area contributed by atoms with Crippen LogP contribution < -0.4 is 0 Å². The van der Waals surface area contributed by atoms with E-state index in [1.54, 1.807) is 0 Å². The van der Waals surface area contributed by atoms with Gasteiger partial charge in [-0.3, -0.25) is 0 Å². The number of rotatable bonds is 6. The summed E-state index contributed by atoms with van der Waals surface area (Å²) in [5, 5.41) is 7.59. The van der Waals surface area contributed by atoms with E-state index in [9.17, 15) is 0 Å². The van der Waals surface area contributed by atoms with Gasteiger partial charge in [0.2, 0.25) is 0 Å². The third-order valence-electron chi connectivity index (χ3n) is 11.5. The summed E-state index contributed by atoms with van der Waals surface area (Å²) in [6, 6.07) is 67.4. The standard InChI is InChI=1S/C54H37N3/c1-5-18-36(19-6-1)46-33-50-52(44-30-15-13-28-42(44)46)53-45-31-16-14-29-43(45)47(37-20-7-2-8-21-37)34-51(53)57(50)41-27-17-26-40(32-41)49-35-48(38-22-9-3-10-23-38)55-54(56-49)39-24-11-4-12-25-39/h1-31,33-35,40H,32H2. The smallest absolute Gasteiger partial charge is 0.160 e. The Morgan fingerprint density at radius 1 is 0.439 bits per heavy atom. The molecule has 11 rings (SSSR count). The average molecular weight is 728 g/mol. The lowest BCUT2D eigenvalue weighted by atomic mass is 9.92. The zero-order chi connectivity index (χ0) is 37.7. The lowest BCUT2D eigenvalue weighted by Gasteiger charge is -2.22. The van der Waals surface area contributed by atoms with Crippen LogP contribution in [0.5, 0.6) is 0 Å². The minimum absolute atomic E-state index is 0.0357. The van der Waals surface area contributed by atoms with E-state index in [0.29, 0.717) is 0 Å². The summed E-state index contributed by atoms with van der Waals surface area (Å²) in [4.78, 5) is 10.4. The molecule has 2 heterocycles. The first-order chi connectivity index (χ1) is 28.3. The monoisotopic (exact) mass is 727 g/mol. The topological polar surface area (TPSA) is 30.7 Å². The van der Waals surface area contributed by atoms with Gasteiger partial charge in [-0.05, 0) is 74.5 Å². The van der Waals surface area contributed by atoms with Crippen LogP contribution >= 0.6 is 0 Å². The second kappa shape index (κ2) is 13.7. The van der Waals surface area contributed by atoms with Gasteiger partial charge in [-0.15, -0.1) is 0 Å². The molecular weight excluding hydrogens is 691 g/mol. The van der Waals surface area contributed by atoms with Gasteiger partial charge in [0.15, 0.2) is 5.82 Å². The first-order valence-corrected chi connectivity index (χ1v) is 19.7. The lowest BCUT2D eigenvalue weighted by molar-refractivity contribution is 0.800. The van der Waals surface area contributed by atoms with Crippen molar-refractivity contribution in [1.82, 2.24) is 14.5 Å². The molecule has 0 amide bonds. The first-order valence-electron chi connectivity index (χ1n) is 19.7. The molecule has 8 aromatic carbocycles. The second-order valence-electron chi connectivity index (χ2n) is 14.9. The molecule has 1 aliphatic rings. The highest BCUT2D eigenvalue weighted by Gasteiger charge is 2.25. The predicted molar refractivity (Wildman–Crippen MR) is 239 cm³/mol. The van der Waals surface area contributed by atoms with E-state index in [4.69, 9.17) is 9.97 Å². The van der Waals surface area contributed by atoms with Gasteiger partial charge < -0.3 is 4.57 Å². The number of hydrogen-bond donors (Lipinski definition) is 0. The third kappa shape index (κ3) is 5.67. The summed E-state index contributed by atoms with van der Waals surface area (Å²) >= 11 is 0. The number of fused-ring (bicyclic) bond motifs is 7. The number of allylic oxidation sites excluding steroid dienone is 4. The molecule has 1 unspecified atom stereocenters. The second-order valence-corrected chi connectivity index (χ2v) is 14.9. The van der Waals surface area contributed by atoms with Crippen LogP contribution in [0.25, 0.3) is 93.9 Å². The highest BCUT2D eigenvalue weighted by molar-refractivity contribution is 6.32. The predicted octanol–water partition coefficient (Wildman–Crippen LogP) is 14.1. The van der Waals surface area contributed by atoms with Crippen molar-refractivity contribution >= 4 is 49.0 Å². The van der Waals surface area contributed by atoms with E-state index in [1.807, 2.05) is 6.07 Å². The Hall–Kier alpha value is -7.36. The molecule has 268 valence electrons. The maximum Gasteiger partial charge on any atom is 0.160 e. The largest absolute Gasteiger partial charge is 0.313 e. The van der Waals surface area contributed by atoms with Gasteiger partial charge in [-0.25, -0.2) is 9.97 Å². The maximum absolute atomic E-state index is 5.28. The van der Waals surface area contributed by atoms with Crippen molar-refractivity contribution in [3.63, 3.8) is 0 Å². The number of benzene rings is 8. The fraction of sp³-hybridized carbons (Fsp3) is 0.0370. The molecule has 0 saturated heterocycles. The Morgan fingerprint density at radius 2 is 0.895 bits per heavy atom. The van der Waals surface area contributed by atoms with Gasteiger partial charge >= 0.3 is 0 Å². The van der Waals surface area contributed by atoms with E-state index >= 15 is 0 Å². The van der Waals surface area contributed by atoms with Crippen LogP contribution in [0.15, 0.2) is 206 Å². The molecule has 57 heavy (non-hydrogen) atoms. The van der Waals surface area contributed by atoms with Crippen molar-refractivity contribution in [3.05, 3.63) is 212 Å². The van der Waals surface area contributed by atoms with Gasteiger partial charge in [-0.1, -0.05) is 182 Å². The highest BCUT2D eigenvalue weighted by atomic mass is 15.0. The molecule has 0 saturated carbocycles. The SMILES string of the molecule is C1=CC(c2cc(-c3ccccc3)nc(-c3ccccc3)n2)CC(n2c3cc(-c4ccccc4)c4ccccc4c3c3c4ccccc4c(-c4ccccc4)cc32)=C1. The molecular formula is C54H37N3. The van der Waals surface area contributed by atoms with Crippen molar-refractivity contribution in [3.8, 4) is 44.9 Å². The zero-order valence-electron chi connectivity index (χ0n) is 31.3. The van der Waals surface area contributed by atoms with Crippen molar-refractivity contribution in [1.29, 1.82) is 0 Å². The van der Waals surface area contributed by atoms with Crippen LogP contribution in [0.1, 0.15) is 18.0 Å². The summed E-state index contributed by atoms with van der Waals surface area (Å²) in [5.41, 5.74) is 12.5. The van der Waals surface area contributed by atoms with Crippen molar-refractivity contribution in [2.45, 2.75) is 12.3 Å². The minimum atomic E-state index is 0.0357. The quantitative estimate of drug-likeness (QED) is 0.171. The zero-order valence-corrected chi connectivity index (χ0v) is 31.3. The van der Waals surface area contributed by atoms with E-state index in [0.717, 1.165) is 34.8 Å². The van der Waals surface area contributed by atoms with Crippen LogP contribution in [0.3, 0.4) is 0 Å². The summed E-state index contributed by atoms with van der Waals surface area (Å²) in [5.74, 6) is 0.778. The minimum Gasteiger partial charge on any atom is -0.313 e. The molecule has 0 spiro atoms. The fourth-order valence-corrected chi connectivity index (χ4v) is 8.91. The number of hydrogen-bond acceptors (Lipinski definition) is 2. The van der Waals surface area contributed by atoms with Gasteiger partial charge in [0.1, 0.15) is 0 Å². The van der Waals surface area contributed by atoms with Gasteiger partial charge in [-0.2, -0.15) is 0 Å². The Labute approximate surface area is 331 Å². The Bertz CT molecular complexity index is 2980. The van der Waals surface area contributed by atoms with Gasteiger partial charge in [0.05, 0.1) is 22.4 Å². The van der Waals surface area contributed by atoms with Gasteiger partial charge in [0, 0.05) is 33.5 Å². The van der Waals surface area contributed by atoms with Gasteiger partial charge in [0.25, 0.3) is 0 Å². The maximum atomic E-state index is 5.28. The van der Waals surface area contributed by atoms with E-state index in [2.05, 4.69) is 205 Å². The normalized spacial score (nSPS) is 14.1. The van der Waals surface area contributed by atoms with E-state index < -0.39 is 0 Å². The average Bonchev–Trinajstić information content (AvgIpc) is 3.64. The molecule has 2 aromatic heterocycles. The van der Waals surface area contributed by atoms with Crippen molar-refractivity contribution in [2.24, 2.45) is 0 Å². The summed E-state index contributed by atoms with van der Waals surface area (Å²) in [6.07, 6.45) is 7.61. The summed E-state index contributed by atoms with van der Waals surface area (Å²) in [6.45, 7) is 0. The molecule has 0 aliphatic heterocycles. The van der Waals surface area contributed by atoms with E-state index in [1.165, 1.54) is 71.3 Å². The van der Waals surface area contributed by atoms with Crippen LogP contribution in [0, 0.1) is 0 Å². The summed E-state index contributed by atoms with van der Waals surface area (Å²) < 4.78 is 2.55. The van der Waals surface area contributed by atoms with Crippen molar-refractivity contribution in [2.75, 3.05) is 0 Å². The lowest BCUT2D eigenvalue weighted by Crippen LogP contribution is -2.09. The summed E-state index contributed by atoms with van der Waals surface area (Å²) in [7, 11) is 0. The molecule has 3 nitrogen and oxygen atoms in total. The number of nitrogens with zero attached hydrogens (tertiary/aromatic N) is 3. The molecule has 1 atom stereocenters. The molecule has 3 heteroatoms. The molecule has 0 radical (unpaired) electrons. The molecule has 10 aromatic rings. The Morgan fingerprint density at radius 3 is 1.42 bits per heavy atom. The molecule has 0 fully saturated rings. The molecule has 1 aliphatic carbocycles. The van der Waals surface area contributed by atoms with E-state index in [-0.39, 0.29) is 5.92 Å². The van der Waals surface area contributed by atoms with Crippen LogP contribution in [-0.2, 0) is 0 Å². The first kappa shape index (κ1) is 33.0. The molecule has 0 N–H and O–H groups in total. The number of aromatic nitrogens is 3. The third-order valence-corrected chi connectivity index (χ3v) is 11.5.